The van der Waals surface area contributed by atoms with Crippen molar-refractivity contribution in [2.75, 3.05) is 6.61 Å². The van der Waals surface area contributed by atoms with E-state index >= 15 is 0 Å². The summed E-state index contributed by atoms with van der Waals surface area (Å²) in [6.45, 7) is -0.153. The van der Waals surface area contributed by atoms with Crippen LogP contribution in [-0.4, -0.2) is 39.2 Å². The van der Waals surface area contributed by atoms with Crippen molar-refractivity contribution in [3.8, 4) is 0 Å². The summed E-state index contributed by atoms with van der Waals surface area (Å²) in [6.07, 6.45) is -0.00814. The van der Waals surface area contributed by atoms with Gasteiger partial charge in [0.15, 0.2) is 6.23 Å². The third-order valence-electron chi connectivity index (χ3n) is 3.25. The minimum atomic E-state index is -0.595. The number of aromatic nitrogens is 2. The first-order valence-corrected chi connectivity index (χ1v) is 6.23. The zero-order valence-electron chi connectivity index (χ0n) is 9.45. The average Bonchev–Trinajstić information content (AvgIpc) is 3.07. The van der Waals surface area contributed by atoms with Crippen LogP contribution < -0.4 is 11.2 Å². The Hall–Kier alpha value is -0.960. The fourth-order valence-corrected chi connectivity index (χ4v) is 2.69. The molecule has 98 valence electrons. The van der Waals surface area contributed by atoms with Crippen molar-refractivity contribution in [2.24, 2.45) is 7.05 Å². The first-order chi connectivity index (χ1) is 8.54. The van der Waals surface area contributed by atoms with Crippen molar-refractivity contribution in [1.82, 2.24) is 9.13 Å². The van der Waals surface area contributed by atoms with Crippen LogP contribution in [0.3, 0.4) is 0 Å². The van der Waals surface area contributed by atoms with Crippen molar-refractivity contribution in [2.45, 2.75) is 24.5 Å². The first kappa shape index (κ1) is 12.1. The van der Waals surface area contributed by atoms with E-state index in [1.54, 1.807) is 0 Å². The summed E-state index contributed by atoms with van der Waals surface area (Å²) < 4.78 is 13.5. The van der Waals surface area contributed by atoms with Crippen LogP contribution in [-0.2, 0) is 16.5 Å². The summed E-state index contributed by atoms with van der Waals surface area (Å²) >= 11 is 3.11. The molecule has 0 spiro atoms. The maximum atomic E-state index is 12.0. The van der Waals surface area contributed by atoms with E-state index in [0.717, 1.165) is 4.57 Å². The Kier molecular flexibility index (Phi) is 2.70. The molecule has 0 amide bonds. The molecule has 2 aliphatic rings. The molecule has 1 aromatic heterocycles. The first-order valence-electron chi connectivity index (χ1n) is 5.44. The van der Waals surface area contributed by atoms with Crippen molar-refractivity contribution in [1.29, 1.82) is 0 Å². The highest BCUT2D eigenvalue weighted by Gasteiger charge is 2.58. The number of ether oxygens (including phenoxy) is 2. The molecule has 0 bridgehead atoms. The molecule has 0 aromatic carbocycles. The molecule has 2 aliphatic heterocycles. The van der Waals surface area contributed by atoms with E-state index in [9.17, 15) is 9.59 Å². The summed E-state index contributed by atoms with van der Waals surface area (Å²) in [5, 5.41) is 9.09. The second kappa shape index (κ2) is 4.02. The Morgan fingerprint density at radius 3 is 2.72 bits per heavy atom. The summed E-state index contributed by atoms with van der Waals surface area (Å²) in [6, 6.07) is 0. The number of rotatable bonds is 2. The van der Waals surface area contributed by atoms with E-state index in [1.165, 1.54) is 17.8 Å². The lowest BCUT2D eigenvalue weighted by Gasteiger charge is -2.18. The highest BCUT2D eigenvalue weighted by atomic mass is 79.9. The van der Waals surface area contributed by atoms with Crippen LogP contribution in [0.15, 0.2) is 20.3 Å². The third kappa shape index (κ3) is 1.60. The van der Waals surface area contributed by atoms with E-state index in [4.69, 9.17) is 14.6 Å². The zero-order valence-corrected chi connectivity index (χ0v) is 11.0. The number of fused-ring (bicyclic) bond motifs is 1. The van der Waals surface area contributed by atoms with Crippen molar-refractivity contribution in [3.63, 3.8) is 0 Å². The molecule has 0 radical (unpaired) electrons. The summed E-state index contributed by atoms with van der Waals surface area (Å²) in [5.74, 6) is 0. The molecular weight excluding hydrogens is 308 g/mol. The molecule has 18 heavy (non-hydrogen) atoms. The Bertz CT molecular complexity index is 609. The van der Waals surface area contributed by atoms with Gasteiger partial charge in [0.1, 0.15) is 18.3 Å². The van der Waals surface area contributed by atoms with Crippen LogP contribution in [0, 0.1) is 0 Å². The lowest BCUT2D eigenvalue weighted by Crippen LogP contribution is -2.41. The molecular formula is C10H11BrN2O5. The van der Waals surface area contributed by atoms with Gasteiger partial charge in [0.25, 0.3) is 5.56 Å². The van der Waals surface area contributed by atoms with Gasteiger partial charge in [-0.2, -0.15) is 0 Å². The van der Waals surface area contributed by atoms with Crippen LogP contribution >= 0.6 is 15.9 Å². The topological polar surface area (TPSA) is 86.0 Å². The van der Waals surface area contributed by atoms with Gasteiger partial charge in [-0.25, -0.2) is 4.79 Å². The monoisotopic (exact) mass is 318 g/mol. The molecule has 3 heterocycles. The number of aliphatic hydroxyl groups excluding tert-OH is 1. The van der Waals surface area contributed by atoms with Crippen LogP contribution in [0.1, 0.15) is 6.23 Å². The maximum absolute atomic E-state index is 12.0. The van der Waals surface area contributed by atoms with Crippen molar-refractivity contribution < 1.29 is 14.6 Å². The summed E-state index contributed by atoms with van der Waals surface area (Å²) in [7, 11) is 1.40. The molecule has 4 atom stereocenters. The SMILES string of the molecule is Cn1c(=O)c(Br)cn(C2OC(CO)C3OC32)c1=O. The molecule has 8 heteroatoms. The number of epoxide rings is 1. The molecule has 4 unspecified atom stereocenters. The summed E-state index contributed by atoms with van der Waals surface area (Å²) in [5.41, 5.74) is -0.873. The average molecular weight is 319 g/mol. The Morgan fingerprint density at radius 1 is 1.39 bits per heavy atom. The van der Waals surface area contributed by atoms with Gasteiger partial charge in [0, 0.05) is 13.2 Å². The van der Waals surface area contributed by atoms with Gasteiger partial charge < -0.3 is 14.6 Å². The lowest BCUT2D eigenvalue weighted by molar-refractivity contribution is -0.0860. The highest BCUT2D eigenvalue weighted by molar-refractivity contribution is 9.10. The fourth-order valence-electron chi connectivity index (χ4n) is 2.20. The van der Waals surface area contributed by atoms with E-state index in [0.29, 0.717) is 0 Å². The van der Waals surface area contributed by atoms with E-state index < -0.39 is 23.6 Å². The van der Waals surface area contributed by atoms with Crippen LogP contribution in [0.2, 0.25) is 0 Å². The minimum Gasteiger partial charge on any atom is -0.394 e. The van der Waals surface area contributed by atoms with Gasteiger partial charge in [0.05, 0.1) is 11.1 Å². The predicted octanol–water partition coefficient (Wildman–Crippen LogP) is -1.03. The molecule has 0 aliphatic carbocycles. The third-order valence-corrected chi connectivity index (χ3v) is 3.79. The quantitative estimate of drug-likeness (QED) is 0.704. The Balaban J connectivity index is 2.04. The van der Waals surface area contributed by atoms with E-state index in [-0.39, 0.29) is 23.3 Å². The lowest BCUT2D eigenvalue weighted by atomic mass is 10.2. The van der Waals surface area contributed by atoms with Crippen molar-refractivity contribution >= 4 is 15.9 Å². The predicted molar refractivity (Wildman–Crippen MR) is 63.3 cm³/mol. The molecule has 2 fully saturated rings. The van der Waals surface area contributed by atoms with Crippen LogP contribution in [0.5, 0.6) is 0 Å². The Morgan fingerprint density at radius 2 is 2.11 bits per heavy atom. The molecule has 3 rings (SSSR count). The largest absolute Gasteiger partial charge is 0.394 e. The van der Waals surface area contributed by atoms with E-state index in [1.807, 2.05) is 0 Å². The second-order valence-corrected chi connectivity index (χ2v) is 5.20. The number of hydrogen-bond acceptors (Lipinski definition) is 5. The second-order valence-electron chi connectivity index (χ2n) is 4.34. The molecule has 0 saturated carbocycles. The molecule has 1 aromatic rings. The summed E-state index contributed by atoms with van der Waals surface area (Å²) in [4.78, 5) is 23.6. The maximum Gasteiger partial charge on any atom is 0.332 e. The van der Waals surface area contributed by atoms with Gasteiger partial charge in [-0.05, 0) is 15.9 Å². The number of nitrogens with zero attached hydrogens (tertiary/aromatic N) is 2. The minimum absolute atomic E-state index is 0.153. The van der Waals surface area contributed by atoms with Crippen molar-refractivity contribution in [3.05, 3.63) is 31.5 Å². The molecule has 2 saturated heterocycles. The van der Waals surface area contributed by atoms with Gasteiger partial charge in [-0.1, -0.05) is 0 Å². The van der Waals surface area contributed by atoms with Crippen LogP contribution in [0.25, 0.3) is 0 Å². The molecule has 7 nitrogen and oxygen atoms in total. The zero-order chi connectivity index (χ0) is 13.0. The Labute approximate surface area is 110 Å². The fraction of sp³-hybridized carbons (Fsp3) is 0.600. The highest BCUT2D eigenvalue weighted by Crippen LogP contribution is 2.44. The van der Waals surface area contributed by atoms with Gasteiger partial charge in [-0.15, -0.1) is 0 Å². The van der Waals surface area contributed by atoms with Gasteiger partial charge in [0.2, 0.25) is 0 Å². The van der Waals surface area contributed by atoms with Gasteiger partial charge in [-0.3, -0.25) is 13.9 Å². The molecule has 1 N–H and O–H groups in total. The van der Waals surface area contributed by atoms with Gasteiger partial charge >= 0.3 is 5.69 Å². The standard InChI is InChI=1S/C10H11BrN2O5/c1-12-8(15)4(11)2-13(10(12)16)9-7-6(18-7)5(3-14)17-9/h2,5-7,9,14H,3H2,1H3. The normalized spacial score (nSPS) is 33.5. The smallest absolute Gasteiger partial charge is 0.332 e. The number of aliphatic hydroxyl groups is 1. The van der Waals surface area contributed by atoms with E-state index in [2.05, 4.69) is 15.9 Å². The number of halogens is 1. The van der Waals surface area contributed by atoms with Crippen LogP contribution in [0.4, 0.5) is 0 Å². The number of hydrogen-bond donors (Lipinski definition) is 1.